The van der Waals surface area contributed by atoms with Crippen LogP contribution in [-0.2, 0) is 45.4 Å². The van der Waals surface area contributed by atoms with Gasteiger partial charge in [0.15, 0.2) is 0 Å². The quantitative estimate of drug-likeness (QED) is 0.180. The predicted octanol–water partition coefficient (Wildman–Crippen LogP) is 6.22. The van der Waals surface area contributed by atoms with Crippen LogP contribution in [0.15, 0.2) is 133 Å². The molecule has 0 aliphatic heterocycles. The van der Waals surface area contributed by atoms with Crippen LogP contribution < -0.4 is 0 Å². The molecule has 0 bridgehead atoms. The van der Waals surface area contributed by atoms with E-state index in [9.17, 15) is 10.2 Å². The summed E-state index contributed by atoms with van der Waals surface area (Å²) in [5.74, 6) is 0. The summed E-state index contributed by atoms with van der Waals surface area (Å²) >= 11 is 0. The van der Waals surface area contributed by atoms with Crippen LogP contribution in [-0.4, -0.2) is 46.8 Å². The van der Waals surface area contributed by atoms with Gasteiger partial charge in [-0.2, -0.15) is 0 Å². The largest absolute Gasteiger partial charge is 0.387 e. The Balaban J connectivity index is 1.29. The highest BCUT2D eigenvalue weighted by Crippen LogP contribution is 2.33. The first-order chi connectivity index (χ1) is 21.7. The number of ether oxygens (including phenoxy) is 4. The van der Waals surface area contributed by atoms with Gasteiger partial charge in [0.2, 0.25) is 0 Å². The number of fused-ring (bicyclic) bond motifs is 1. The third-order valence-electron chi connectivity index (χ3n) is 8.16. The fourth-order valence-electron chi connectivity index (χ4n) is 5.83. The summed E-state index contributed by atoms with van der Waals surface area (Å²) in [7, 11) is 0. The summed E-state index contributed by atoms with van der Waals surface area (Å²) in [6, 6.07) is 43.5. The molecule has 5 aromatic rings. The lowest BCUT2D eigenvalue weighted by molar-refractivity contribution is -0.273. The Morgan fingerprint density at radius 3 is 1.32 bits per heavy atom. The van der Waals surface area contributed by atoms with Crippen LogP contribution in [0, 0.1) is 0 Å². The average molecular weight is 591 g/mol. The average Bonchev–Trinajstić information content (AvgIpc) is 3.08. The summed E-state index contributed by atoms with van der Waals surface area (Å²) in [5, 5.41) is 25.7. The van der Waals surface area contributed by atoms with Crippen molar-refractivity contribution in [3.63, 3.8) is 0 Å². The van der Waals surface area contributed by atoms with Crippen molar-refractivity contribution in [1.29, 1.82) is 0 Å². The maximum atomic E-state index is 11.8. The molecule has 0 aromatic heterocycles. The van der Waals surface area contributed by atoms with E-state index in [2.05, 4.69) is 12.1 Å². The monoisotopic (exact) mass is 590 g/mol. The Morgan fingerprint density at radius 1 is 0.386 bits per heavy atom. The normalized spacial score (nSPS) is 23.5. The first-order valence-electron chi connectivity index (χ1n) is 15.1. The number of hydrogen-bond donors (Lipinski definition) is 2. The SMILES string of the molecule is O[C@H]1C(OCc2cccc3ccccc23)[C@H](O)[C@@H](OCc2ccccc2)C(OCc2ccccc2)[C@H]1OCc1ccccc1. The van der Waals surface area contributed by atoms with Crippen molar-refractivity contribution in [2.45, 2.75) is 63.1 Å². The Morgan fingerprint density at radius 2 is 0.795 bits per heavy atom. The lowest BCUT2D eigenvalue weighted by atomic mass is 9.84. The van der Waals surface area contributed by atoms with Gasteiger partial charge in [-0.3, -0.25) is 0 Å². The van der Waals surface area contributed by atoms with Gasteiger partial charge in [0.05, 0.1) is 26.4 Å². The van der Waals surface area contributed by atoms with Gasteiger partial charge in [0.1, 0.15) is 36.6 Å². The third-order valence-corrected chi connectivity index (χ3v) is 8.16. The molecule has 44 heavy (non-hydrogen) atoms. The highest BCUT2D eigenvalue weighted by molar-refractivity contribution is 5.85. The van der Waals surface area contributed by atoms with Gasteiger partial charge in [-0.05, 0) is 33.0 Å². The lowest BCUT2D eigenvalue weighted by Crippen LogP contribution is -2.66. The van der Waals surface area contributed by atoms with Gasteiger partial charge < -0.3 is 29.2 Å². The van der Waals surface area contributed by atoms with Gasteiger partial charge in [0, 0.05) is 0 Å². The standard InChI is InChI=1S/C38H38O6/c39-33-35(44-26-31-21-12-20-30-19-10-11-22-32(30)31)34(40)37(42-24-28-15-6-2-7-16-28)38(43-25-29-17-8-3-9-18-29)36(33)41-23-27-13-4-1-5-14-27/h1-22,33-40H,23-26H2/t33-,34-,35?,36-,37+,38?/m0/s1. The topological polar surface area (TPSA) is 77.4 Å². The van der Waals surface area contributed by atoms with Crippen LogP contribution in [0.4, 0.5) is 0 Å². The zero-order valence-corrected chi connectivity index (χ0v) is 24.5. The first-order valence-corrected chi connectivity index (χ1v) is 15.1. The van der Waals surface area contributed by atoms with Crippen LogP contribution in [0.3, 0.4) is 0 Å². The van der Waals surface area contributed by atoms with Gasteiger partial charge in [0.25, 0.3) is 0 Å². The zero-order chi connectivity index (χ0) is 30.1. The van der Waals surface area contributed by atoms with Crippen molar-refractivity contribution in [3.05, 3.63) is 156 Å². The van der Waals surface area contributed by atoms with E-state index in [0.717, 1.165) is 33.0 Å². The molecule has 1 aliphatic carbocycles. The van der Waals surface area contributed by atoms with E-state index in [1.54, 1.807) is 0 Å². The fourth-order valence-corrected chi connectivity index (χ4v) is 5.83. The molecule has 5 aromatic carbocycles. The first kappa shape index (κ1) is 30.2. The minimum atomic E-state index is -1.18. The minimum Gasteiger partial charge on any atom is -0.387 e. The molecule has 0 amide bonds. The summed E-state index contributed by atoms with van der Waals surface area (Å²) in [6.45, 7) is 0.978. The van der Waals surface area contributed by atoms with Crippen LogP contribution in [0.5, 0.6) is 0 Å². The molecule has 2 unspecified atom stereocenters. The zero-order valence-electron chi connectivity index (χ0n) is 24.5. The molecular weight excluding hydrogens is 552 g/mol. The summed E-state index contributed by atoms with van der Waals surface area (Å²) in [4.78, 5) is 0. The Bertz CT molecular complexity index is 1520. The van der Waals surface area contributed by atoms with Crippen LogP contribution in [0.25, 0.3) is 10.8 Å². The van der Waals surface area contributed by atoms with E-state index in [0.29, 0.717) is 0 Å². The minimum absolute atomic E-state index is 0.201. The molecule has 226 valence electrons. The summed E-state index contributed by atoms with van der Waals surface area (Å²) < 4.78 is 25.7. The second kappa shape index (κ2) is 14.7. The number of rotatable bonds is 12. The highest BCUT2D eigenvalue weighted by Gasteiger charge is 2.52. The number of hydrogen-bond acceptors (Lipinski definition) is 6. The number of benzene rings is 5. The van der Waals surface area contributed by atoms with Gasteiger partial charge in [-0.1, -0.05) is 133 Å². The maximum Gasteiger partial charge on any atom is 0.116 e. The Kier molecular flexibility index (Phi) is 10.1. The number of aliphatic hydroxyl groups is 2. The summed E-state index contributed by atoms with van der Waals surface area (Å²) in [5.41, 5.74) is 3.85. The molecule has 1 fully saturated rings. The maximum absolute atomic E-state index is 11.8. The smallest absolute Gasteiger partial charge is 0.116 e. The molecule has 0 spiro atoms. The van der Waals surface area contributed by atoms with E-state index in [1.807, 2.05) is 121 Å². The van der Waals surface area contributed by atoms with Gasteiger partial charge in [-0.15, -0.1) is 0 Å². The van der Waals surface area contributed by atoms with Crippen LogP contribution in [0.2, 0.25) is 0 Å². The van der Waals surface area contributed by atoms with Crippen molar-refractivity contribution in [1.82, 2.24) is 0 Å². The molecule has 1 saturated carbocycles. The second-order valence-corrected chi connectivity index (χ2v) is 11.2. The van der Waals surface area contributed by atoms with E-state index in [1.165, 1.54) is 0 Å². The highest BCUT2D eigenvalue weighted by atomic mass is 16.6. The predicted molar refractivity (Wildman–Crippen MR) is 170 cm³/mol. The fraction of sp³-hybridized carbons (Fsp3) is 0.263. The Labute approximate surface area is 258 Å². The Hall–Kier alpha value is -3.88. The molecule has 1 aliphatic rings. The van der Waals surface area contributed by atoms with E-state index in [-0.39, 0.29) is 26.4 Å². The van der Waals surface area contributed by atoms with Crippen LogP contribution in [0.1, 0.15) is 22.3 Å². The molecule has 0 saturated heterocycles. The van der Waals surface area contributed by atoms with Crippen molar-refractivity contribution >= 4 is 10.8 Å². The van der Waals surface area contributed by atoms with Crippen molar-refractivity contribution < 1.29 is 29.2 Å². The van der Waals surface area contributed by atoms with Crippen LogP contribution >= 0.6 is 0 Å². The van der Waals surface area contributed by atoms with Crippen molar-refractivity contribution in [3.8, 4) is 0 Å². The number of aliphatic hydroxyl groups excluding tert-OH is 2. The molecule has 6 heteroatoms. The molecular formula is C38H38O6. The van der Waals surface area contributed by atoms with Crippen molar-refractivity contribution in [2.75, 3.05) is 0 Å². The molecule has 6 rings (SSSR count). The lowest BCUT2D eigenvalue weighted by Gasteiger charge is -2.47. The molecule has 6 nitrogen and oxygen atoms in total. The molecule has 0 heterocycles. The molecule has 6 atom stereocenters. The second-order valence-electron chi connectivity index (χ2n) is 11.2. The summed E-state index contributed by atoms with van der Waals surface area (Å²) in [6.07, 6.45) is -5.78. The van der Waals surface area contributed by atoms with Gasteiger partial charge in [-0.25, -0.2) is 0 Å². The van der Waals surface area contributed by atoms with Crippen molar-refractivity contribution in [2.24, 2.45) is 0 Å². The molecule has 2 N–H and O–H groups in total. The van der Waals surface area contributed by atoms with E-state index < -0.39 is 36.6 Å². The third kappa shape index (κ3) is 7.25. The van der Waals surface area contributed by atoms with Gasteiger partial charge >= 0.3 is 0 Å². The van der Waals surface area contributed by atoms with E-state index >= 15 is 0 Å². The van der Waals surface area contributed by atoms with E-state index in [4.69, 9.17) is 18.9 Å². The molecule has 0 radical (unpaired) electrons.